The van der Waals surface area contributed by atoms with Crippen molar-refractivity contribution in [1.82, 2.24) is 0 Å². The van der Waals surface area contributed by atoms with Crippen molar-refractivity contribution in [2.24, 2.45) is 11.7 Å². The summed E-state index contributed by atoms with van der Waals surface area (Å²) < 4.78 is 14.4. The van der Waals surface area contributed by atoms with E-state index in [0.717, 1.165) is 48.3 Å². The lowest BCUT2D eigenvalue weighted by Gasteiger charge is -2.31. The van der Waals surface area contributed by atoms with Gasteiger partial charge in [-0.15, -0.1) is 0 Å². The molecule has 0 aromatic heterocycles. The fourth-order valence-electron chi connectivity index (χ4n) is 3.93. The molecular weight excluding hydrogens is 249 g/mol. The molecule has 1 nitrogen and oxygen atoms in total. The average molecular weight is 277 g/mol. The zero-order valence-corrected chi connectivity index (χ0v) is 13.1. The summed E-state index contributed by atoms with van der Waals surface area (Å²) in [6, 6.07) is 3.69. The topological polar surface area (TPSA) is 26.0 Å². The highest BCUT2D eigenvalue weighted by molar-refractivity contribution is 5.37. The average Bonchev–Trinajstić information content (AvgIpc) is 2.51. The molecule has 2 rings (SSSR count). The molecule has 1 aliphatic rings. The molecule has 0 aliphatic heterocycles. The molecule has 0 saturated heterocycles. The van der Waals surface area contributed by atoms with E-state index in [2.05, 4.69) is 13.0 Å². The van der Waals surface area contributed by atoms with Crippen LogP contribution >= 0.6 is 0 Å². The Labute approximate surface area is 122 Å². The lowest BCUT2D eigenvalue weighted by atomic mass is 9.80. The van der Waals surface area contributed by atoms with Crippen LogP contribution in [0.3, 0.4) is 0 Å². The van der Waals surface area contributed by atoms with Crippen molar-refractivity contribution in [3.05, 3.63) is 34.6 Å². The Morgan fingerprint density at radius 3 is 2.65 bits per heavy atom. The number of rotatable bonds is 3. The van der Waals surface area contributed by atoms with Crippen LogP contribution in [0.15, 0.2) is 12.1 Å². The minimum absolute atomic E-state index is 0.112. The van der Waals surface area contributed by atoms with Gasteiger partial charge in [0, 0.05) is 11.1 Å². The van der Waals surface area contributed by atoms with Gasteiger partial charge < -0.3 is 5.73 Å². The minimum Gasteiger partial charge on any atom is -0.321 e. The molecule has 2 N–H and O–H groups in total. The molecule has 0 amide bonds. The van der Waals surface area contributed by atoms with Gasteiger partial charge in [-0.05, 0) is 56.2 Å². The van der Waals surface area contributed by atoms with Crippen molar-refractivity contribution < 1.29 is 4.39 Å². The predicted octanol–water partition coefficient (Wildman–Crippen LogP) is 4.98. The predicted molar refractivity (Wildman–Crippen MR) is 83.2 cm³/mol. The molecule has 0 heterocycles. The van der Waals surface area contributed by atoms with Crippen LogP contribution < -0.4 is 5.73 Å². The number of benzene rings is 1. The van der Waals surface area contributed by atoms with E-state index in [1.54, 1.807) is 6.07 Å². The van der Waals surface area contributed by atoms with Crippen LogP contribution in [0.2, 0.25) is 0 Å². The van der Waals surface area contributed by atoms with Crippen LogP contribution in [0.5, 0.6) is 0 Å². The van der Waals surface area contributed by atoms with Crippen molar-refractivity contribution >= 4 is 0 Å². The van der Waals surface area contributed by atoms with E-state index in [1.165, 1.54) is 19.3 Å². The van der Waals surface area contributed by atoms with Gasteiger partial charge >= 0.3 is 0 Å². The standard InChI is InChI=1S/C18H28FN/c1-4-6-15-7-5-9-18(20,10-8-15)17-14(3)11-13(2)12-16(17)19/h11-12,15H,4-10,20H2,1-3H3. The van der Waals surface area contributed by atoms with Gasteiger partial charge in [-0.3, -0.25) is 0 Å². The zero-order chi connectivity index (χ0) is 14.8. The summed E-state index contributed by atoms with van der Waals surface area (Å²) in [7, 11) is 0. The van der Waals surface area contributed by atoms with E-state index < -0.39 is 5.54 Å². The lowest BCUT2D eigenvalue weighted by Crippen LogP contribution is -2.38. The van der Waals surface area contributed by atoms with Crippen LogP contribution in [-0.4, -0.2) is 0 Å². The van der Waals surface area contributed by atoms with Gasteiger partial charge in [0.1, 0.15) is 5.82 Å². The summed E-state index contributed by atoms with van der Waals surface area (Å²) >= 11 is 0. The summed E-state index contributed by atoms with van der Waals surface area (Å²) in [5.74, 6) is 0.665. The largest absolute Gasteiger partial charge is 0.321 e. The van der Waals surface area contributed by atoms with Crippen LogP contribution in [0.25, 0.3) is 0 Å². The maximum atomic E-state index is 14.4. The normalized spacial score (nSPS) is 27.4. The molecule has 1 saturated carbocycles. The Hall–Kier alpha value is -0.890. The molecule has 0 spiro atoms. The lowest BCUT2D eigenvalue weighted by molar-refractivity contribution is 0.352. The molecule has 2 unspecified atom stereocenters. The third-order valence-corrected chi connectivity index (χ3v) is 4.86. The fourth-order valence-corrected chi connectivity index (χ4v) is 3.93. The molecule has 0 bridgehead atoms. The summed E-state index contributed by atoms with van der Waals surface area (Å²) in [5.41, 5.74) is 8.94. The van der Waals surface area contributed by atoms with E-state index >= 15 is 0 Å². The van der Waals surface area contributed by atoms with Crippen molar-refractivity contribution in [2.75, 3.05) is 0 Å². The molecule has 112 valence electrons. The summed E-state index contributed by atoms with van der Waals surface area (Å²) in [6.07, 6.45) is 7.85. The fraction of sp³-hybridized carbons (Fsp3) is 0.667. The number of hydrogen-bond donors (Lipinski definition) is 1. The van der Waals surface area contributed by atoms with E-state index in [-0.39, 0.29) is 5.82 Å². The van der Waals surface area contributed by atoms with E-state index in [4.69, 9.17) is 5.73 Å². The van der Waals surface area contributed by atoms with Crippen LogP contribution in [0.4, 0.5) is 4.39 Å². The first-order chi connectivity index (χ1) is 9.46. The molecule has 1 fully saturated rings. The van der Waals surface area contributed by atoms with Crippen LogP contribution in [-0.2, 0) is 5.54 Å². The number of aryl methyl sites for hydroxylation is 2. The van der Waals surface area contributed by atoms with E-state index in [9.17, 15) is 4.39 Å². The first-order valence-electron chi connectivity index (χ1n) is 8.02. The Balaban J connectivity index is 2.27. The molecule has 2 atom stereocenters. The smallest absolute Gasteiger partial charge is 0.128 e. The maximum Gasteiger partial charge on any atom is 0.128 e. The molecular formula is C18H28FN. The second kappa shape index (κ2) is 6.26. The van der Waals surface area contributed by atoms with Gasteiger partial charge in [-0.2, -0.15) is 0 Å². The second-order valence-corrected chi connectivity index (χ2v) is 6.68. The highest BCUT2D eigenvalue weighted by Crippen LogP contribution is 2.39. The van der Waals surface area contributed by atoms with Gasteiger partial charge in [-0.1, -0.05) is 38.7 Å². The molecule has 1 aromatic carbocycles. The number of nitrogens with two attached hydrogens (primary N) is 1. The maximum absolute atomic E-state index is 14.4. The molecule has 0 radical (unpaired) electrons. The highest BCUT2D eigenvalue weighted by atomic mass is 19.1. The van der Waals surface area contributed by atoms with E-state index in [1.807, 2.05) is 13.8 Å². The summed E-state index contributed by atoms with van der Waals surface area (Å²) in [5, 5.41) is 0. The van der Waals surface area contributed by atoms with Crippen molar-refractivity contribution in [1.29, 1.82) is 0 Å². The van der Waals surface area contributed by atoms with Gasteiger partial charge in [-0.25, -0.2) is 4.39 Å². The number of halogens is 1. The third kappa shape index (κ3) is 3.22. The first kappa shape index (κ1) is 15.5. The Kier molecular flexibility index (Phi) is 4.85. The van der Waals surface area contributed by atoms with E-state index in [0.29, 0.717) is 0 Å². The number of hydrogen-bond acceptors (Lipinski definition) is 1. The summed E-state index contributed by atoms with van der Waals surface area (Å²) in [4.78, 5) is 0. The van der Waals surface area contributed by atoms with Crippen LogP contribution in [0, 0.1) is 25.6 Å². The summed E-state index contributed by atoms with van der Waals surface area (Å²) in [6.45, 7) is 6.17. The van der Waals surface area contributed by atoms with Crippen molar-refractivity contribution in [3.63, 3.8) is 0 Å². The van der Waals surface area contributed by atoms with Crippen molar-refractivity contribution in [2.45, 2.75) is 71.3 Å². The molecule has 2 heteroatoms. The van der Waals surface area contributed by atoms with Crippen molar-refractivity contribution in [3.8, 4) is 0 Å². The Bertz CT molecular complexity index is 445. The minimum atomic E-state index is -0.468. The second-order valence-electron chi connectivity index (χ2n) is 6.68. The first-order valence-corrected chi connectivity index (χ1v) is 8.02. The van der Waals surface area contributed by atoms with Gasteiger partial charge in [0.25, 0.3) is 0 Å². The highest BCUT2D eigenvalue weighted by Gasteiger charge is 2.34. The molecule has 1 aromatic rings. The molecule has 1 aliphatic carbocycles. The SMILES string of the molecule is CCCC1CCCC(N)(c2c(C)cc(C)cc2F)CC1. The van der Waals surface area contributed by atoms with Gasteiger partial charge in [0.15, 0.2) is 0 Å². The van der Waals surface area contributed by atoms with Gasteiger partial charge in [0.2, 0.25) is 0 Å². The van der Waals surface area contributed by atoms with Crippen LogP contribution in [0.1, 0.15) is 68.6 Å². The Morgan fingerprint density at radius 2 is 2.00 bits per heavy atom. The monoisotopic (exact) mass is 277 g/mol. The molecule has 20 heavy (non-hydrogen) atoms. The Morgan fingerprint density at radius 1 is 1.25 bits per heavy atom. The zero-order valence-electron chi connectivity index (χ0n) is 13.1. The third-order valence-electron chi connectivity index (χ3n) is 4.86. The quantitative estimate of drug-likeness (QED) is 0.775. The van der Waals surface area contributed by atoms with Gasteiger partial charge in [0.05, 0.1) is 0 Å².